The molecule has 0 amide bonds. The predicted octanol–water partition coefficient (Wildman–Crippen LogP) is -0.811. The minimum Gasteiger partial charge on any atom is -0.377 e. The first-order valence-corrected chi connectivity index (χ1v) is 3.55. The number of ether oxygens (including phenoxy) is 1. The first-order chi connectivity index (χ1) is 5.16. The maximum absolute atomic E-state index is 5.25. The van der Waals surface area contributed by atoms with Gasteiger partial charge in [0, 0.05) is 0 Å². The molecule has 0 bridgehead atoms. The van der Waals surface area contributed by atoms with Crippen molar-refractivity contribution >= 4 is 5.96 Å². The van der Waals surface area contributed by atoms with Gasteiger partial charge >= 0.3 is 0 Å². The minimum atomic E-state index is 0.234. The summed E-state index contributed by atoms with van der Waals surface area (Å²) in [6.45, 7) is 5.04. The number of hydrogen-bond donors (Lipinski definition) is 3. The summed E-state index contributed by atoms with van der Waals surface area (Å²) < 4.78 is 5.21. The van der Waals surface area contributed by atoms with E-state index in [2.05, 4.69) is 10.4 Å². The van der Waals surface area contributed by atoms with Crippen LogP contribution in [0.5, 0.6) is 0 Å². The summed E-state index contributed by atoms with van der Waals surface area (Å²) in [4.78, 5) is 3.85. The molecule has 0 saturated carbocycles. The second-order valence-electron chi connectivity index (χ2n) is 2.33. The van der Waals surface area contributed by atoms with Gasteiger partial charge in [0.2, 0.25) is 5.96 Å². The molecule has 0 radical (unpaired) electrons. The van der Waals surface area contributed by atoms with Gasteiger partial charge in [0.1, 0.15) is 0 Å². The summed E-state index contributed by atoms with van der Waals surface area (Å²) in [6.07, 6.45) is 0.234. The van der Waals surface area contributed by atoms with Gasteiger partial charge in [0.15, 0.2) is 0 Å². The van der Waals surface area contributed by atoms with E-state index in [9.17, 15) is 0 Å². The molecule has 0 saturated heterocycles. The van der Waals surface area contributed by atoms with Crippen LogP contribution in [-0.4, -0.2) is 25.2 Å². The van der Waals surface area contributed by atoms with Crippen LogP contribution in [0.3, 0.4) is 0 Å². The molecule has 0 aromatic rings. The number of nitrogens with two attached hydrogens (primary N) is 2. The Balaban J connectivity index is 3.26. The molecule has 0 heterocycles. The smallest absolute Gasteiger partial charge is 0.203 e. The summed E-state index contributed by atoms with van der Waals surface area (Å²) in [7, 11) is 0. The largest absolute Gasteiger partial charge is 0.377 e. The summed E-state index contributed by atoms with van der Waals surface area (Å²) in [5.74, 6) is 5.20. The van der Waals surface area contributed by atoms with Crippen molar-refractivity contribution in [3.05, 3.63) is 0 Å². The lowest BCUT2D eigenvalue weighted by Crippen LogP contribution is -2.37. The van der Waals surface area contributed by atoms with Crippen LogP contribution in [0.2, 0.25) is 0 Å². The highest BCUT2D eigenvalue weighted by Gasteiger charge is 1.91. The van der Waals surface area contributed by atoms with Gasteiger partial charge in [-0.05, 0) is 13.8 Å². The minimum absolute atomic E-state index is 0.234. The lowest BCUT2D eigenvalue weighted by atomic mass is 10.5. The standard InChI is InChI=1S/C6H16N4O/c1-5(2)11-4-3-9-6(7)10-8/h5H,3-4,8H2,1-2H3,(H3,7,9,10). The molecule has 5 nitrogen and oxygen atoms in total. The number of nitrogens with zero attached hydrogens (tertiary/aromatic N) is 1. The van der Waals surface area contributed by atoms with Crippen molar-refractivity contribution < 1.29 is 4.74 Å². The zero-order chi connectivity index (χ0) is 8.69. The molecule has 5 N–H and O–H groups in total. The van der Waals surface area contributed by atoms with Gasteiger partial charge in [-0.25, -0.2) is 10.8 Å². The first kappa shape index (κ1) is 10.2. The molecule has 0 atom stereocenters. The molecule has 0 unspecified atom stereocenters. The number of nitrogens with one attached hydrogen (secondary N) is 1. The fourth-order valence-corrected chi connectivity index (χ4v) is 0.500. The summed E-state index contributed by atoms with van der Waals surface area (Å²) in [5, 5.41) is 0. The van der Waals surface area contributed by atoms with Gasteiger partial charge in [0.25, 0.3) is 0 Å². The highest BCUT2D eigenvalue weighted by Crippen LogP contribution is 1.85. The number of hydrazine groups is 1. The highest BCUT2D eigenvalue weighted by molar-refractivity contribution is 5.77. The molecule has 0 fully saturated rings. The fourth-order valence-electron chi connectivity index (χ4n) is 0.500. The molecular weight excluding hydrogens is 144 g/mol. The lowest BCUT2D eigenvalue weighted by molar-refractivity contribution is 0.0853. The topological polar surface area (TPSA) is 85.7 Å². The van der Waals surface area contributed by atoms with Crippen LogP contribution in [0.15, 0.2) is 4.99 Å². The Labute approximate surface area is 66.8 Å². The van der Waals surface area contributed by atoms with Crippen LogP contribution in [0.1, 0.15) is 13.8 Å². The molecular formula is C6H16N4O. The molecule has 11 heavy (non-hydrogen) atoms. The Morgan fingerprint density at radius 3 is 2.73 bits per heavy atom. The van der Waals surface area contributed by atoms with E-state index in [1.807, 2.05) is 13.8 Å². The lowest BCUT2D eigenvalue weighted by Gasteiger charge is -2.04. The second-order valence-corrected chi connectivity index (χ2v) is 2.33. The molecule has 0 aliphatic rings. The van der Waals surface area contributed by atoms with Gasteiger partial charge in [-0.15, -0.1) is 0 Å². The molecule has 0 spiro atoms. The average Bonchev–Trinajstić information content (AvgIpc) is 1.97. The van der Waals surface area contributed by atoms with Gasteiger partial charge in [-0.2, -0.15) is 0 Å². The second kappa shape index (κ2) is 5.94. The Morgan fingerprint density at radius 2 is 2.27 bits per heavy atom. The maximum Gasteiger partial charge on any atom is 0.203 e. The van der Waals surface area contributed by atoms with Crippen LogP contribution in [-0.2, 0) is 4.74 Å². The van der Waals surface area contributed by atoms with Crippen LogP contribution in [0, 0.1) is 0 Å². The Bertz CT molecular complexity index is 124. The molecule has 0 aromatic carbocycles. The normalized spacial score (nSPS) is 12.2. The summed E-state index contributed by atoms with van der Waals surface area (Å²) in [6, 6.07) is 0. The molecule has 0 aliphatic carbocycles. The zero-order valence-corrected chi connectivity index (χ0v) is 7.00. The van der Waals surface area contributed by atoms with Gasteiger partial charge in [0.05, 0.1) is 19.3 Å². The maximum atomic E-state index is 5.25. The SMILES string of the molecule is CC(C)OCCN=C(N)NN. The quantitative estimate of drug-likeness (QED) is 0.165. The number of rotatable bonds is 4. The van der Waals surface area contributed by atoms with E-state index in [0.717, 1.165) is 0 Å². The van der Waals surface area contributed by atoms with Crippen molar-refractivity contribution in [3.8, 4) is 0 Å². The number of guanidine groups is 1. The predicted molar refractivity (Wildman–Crippen MR) is 44.9 cm³/mol. The van der Waals surface area contributed by atoms with E-state index in [-0.39, 0.29) is 12.1 Å². The van der Waals surface area contributed by atoms with E-state index in [0.29, 0.717) is 13.2 Å². The number of aliphatic imine (C=N–C) groups is 1. The summed E-state index contributed by atoms with van der Waals surface area (Å²) >= 11 is 0. The Morgan fingerprint density at radius 1 is 1.64 bits per heavy atom. The number of hydrogen-bond acceptors (Lipinski definition) is 3. The third-order valence-corrected chi connectivity index (χ3v) is 0.973. The van der Waals surface area contributed by atoms with Crippen molar-refractivity contribution in [2.45, 2.75) is 20.0 Å². The van der Waals surface area contributed by atoms with Crippen LogP contribution in [0.4, 0.5) is 0 Å². The van der Waals surface area contributed by atoms with Crippen molar-refractivity contribution in [1.82, 2.24) is 5.43 Å². The average molecular weight is 160 g/mol. The Hall–Kier alpha value is -0.810. The van der Waals surface area contributed by atoms with Gasteiger partial charge in [-0.3, -0.25) is 5.43 Å². The van der Waals surface area contributed by atoms with Crippen molar-refractivity contribution in [2.24, 2.45) is 16.6 Å². The third kappa shape index (κ3) is 7.08. The summed E-state index contributed by atoms with van der Waals surface area (Å²) in [5.41, 5.74) is 7.47. The fraction of sp³-hybridized carbons (Fsp3) is 0.833. The molecule has 0 rings (SSSR count). The van der Waals surface area contributed by atoms with Gasteiger partial charge < -0.3 is 10.5 Å². The van der Waals surface area contributed by atoms with E-state index >= 15 is 0 Å². The van der Waals surface area contributed by atoms with E-state index in [4.69, 9.17) is 16.3 Å². The zero-order valence-electron chi connectivity index (χ0n) is 7.00. The molecule has 0 aromatic heterocycles. The van der Waals surface area contributed by atoms with Crippen molar-refractivity contribution in [1.29, 1.82) is 0 Å². The first-order valence-electron chi connectivity index (χ1n) is 3.55. The van der Waals surface area contributed by atoms with Crippen LogP contribution in [0.25, 0.3) is 0 Å². The Kier molecular flexibility index (Phi) is 5.50. The van der Waals surface area contributed by atoms with E-state index < -0.39 is 0 Å². The van der Waals surface area contributed by atoms with Crippen LogP contribution >= 0.6 is 0 Å². The molecule has 0 aliphatic heterocycles. The third-order valence-electron chi connectivity index (χ3n) is 0.973. The highest BCUT2D eigenvalue weighted by atomic mass is 16.5. The van der Waals surface area contributed by atoms with Crippen molar-refractivity contribution in [3.63, 3.8) is 0 Å². The van der Waals surface area contributed by atoms with Crippen LogP contribution < -0.4 is 17.0 Å². The molecule has 5 heteroatoms. The van der Waals surface area contributed by atoms with Crippen molar-refractivity contribution in [2.75, 3.05) is 13.2 Å². The van der Waals surface area contributed by atoms with E-state index in [1.54, 1.807) is 0 Å². The van der Waals surface area contributed by atoms with Gasteiger partial charge in [-0.1, -0.05) is 0 Å². The molecule has 66 valence electrons. The monoisotopic (exact) mass is 160 g/mol. The van der Waals surface area contributed by atoms with E-state index in [1.165, 1.54) is 0 Å².